The summed E-state index contributed by atoms with van der Waals surface area (Å²) in [6.07, 6.45) is 4.52. The Balaban J connectivity index is 1.93. The Hall–Kier alpha value is -3.19. The van der Waals surface area contributed by atoms with Crippen LogP contribution in [0.1, 0.15) is 18.5 Å². The molecule has 3 rings (SSSR count). The van der Waals surface area contributed by atoms with Crippen molar-refractivity contribution < 1.29 is 4.39 Å². The van der Waals surface area contributed by atoms with Gasteiger partial charge in [-0.15, -0.1) is 0 Å². The van der Waals surface area contributed by atoms with Crippen molar-refractivity contribution in [2.75, 3.05) is 17.3 Å². The van der Waals surface area contributed by atoms with Gasteiger partial charge in [0.15, 0.2) is 11.6 Å². The van der Waals surface area contributed by atoms with E-state index in [1.54, 1.807) is 55.4 Å². The fourth-order valence-electron chi connectivity index (χ4n) is 2.83. The number of benzene rings is 1. The molecule has 0 fully saturated rings. The van der Waals surface area contributed by atoms with Gasteiger partial charge < -0.3 is 15.2 Å². The minimum atomic E-state index is -0.536. The summed E-state index contributed by atoms with van der Waals surface area (Å²) in [5.74, 6) is -0.492. The lowest BCUT2D eigenvalue weighted by Gasteiger charge is -2.19. The Morgan fingerprint density at radius 2 is 2.18 bits per heavy atom. The lowest BCUT2D eigenvalue weighted by atomic mass is 10.1. The normalized spacial score (nSPS) is 12.3. The molecule has 0 aliphatic carbocycles. The average Bonchev–Trinajstić information content (AvgIpc) is 2.67. The molecular weight excluding hydrogens is 381 g/mol. The fraction of sp³-hybridized carbons (Fsp3) is 0.150. The molecule has 0 radical (unpaired) electrons. The van der Waals surface area contributed by atoms with E-state index in [0.717, 1.165) is 5.39 Å². The van der Waals surface area contributed by atoms with Gasteiger partial charge in [0.1, 0.15) is 0 Å². The van der Waals surface area contributed by atoms with Crippen molar-refractivity contribution in [2.24, 2.45) is 4.99 Å². The summed E-state index contributed by atoms with van der Waals surface area (Å²) in [6, 6.07) is 8.01. The third-order valence-electron chi connectivity index (χ3n) is 4.30. The Morgan fingerprint density at radius 1 is 1.39 bits per heavy atom. The van der Waals surface area contributed by atoms with Crippen LogP contribution >= 0.6 is 11.6 Å². The number of halogens is 2. The van der Waals surface area contributed by atoms with Crippen LogP contribution in [0.25, 0.3) is 10.9 Å². The topological polar surface area (TPSA) is 73.4 Å². The summed E-state index contributed by atoms with van der Waals surface area (Å²) in [5.41, 5.74) is 1.18. The number of nitrogens with zero attached hydrogens (tertiary/aromatic N) is 3. The molecule has 2 aromatic heterocycles. The highest BCUT2D eigenvalue weighted by molar-refractivity contribution is 6.31. The lowest BCUT2D eigenvalue weighted by Crippen LogP contribution is -2.21. The van der Waals surface area contributed by atoms with Crippen molar-refractivity contribution in [1.82, 2.24) is 9.97 Å². The first kappa shape index (κ1) is 19.6. The Labute approximate surface area is 166 Å². The molecule has 6 nitrogen and oxygen atoms in total. The van der Waals surface area contributed by atoms with E-state index < -0.39 is 11.9 Å². The Morgan fingerprint density at radius 3 is 2.93 bits per heavy atom. The summed E-state index contributed by atoms with van der Waals surface area (Å²) in [6.45, 7) is 5.12. The third-order valence-corrected chi connectivity index (χ3v) is 4.53. The number of rotatable bonds is 6. The van der Waals surface area contributed by atoms with Gasteiger partial charge in [0.05, 0.1) is 11.7 Å². The second-order valence-electron chi connectivity index (χ2n) is 6.24. The molecule has 0 unspecified atom stereocenters. The van der Waals surface area contributed by atoms with Gasteiger partial charge in [0.2, 0.25) is 0 Å². The highest BCUT2D eigenvalue weighted by atomic mass is 35.5. The zero-order chi connectivity index (χ0) is 20.3. The second kappa shape index (κ2) is 8.22. The molecule has 1 aromatic carbocycles. The first-order valence-corrected chi connectivity index (χ1v) is 8.87. The number of anilines is 2. The van der Waals surface area contributed by atoms with Crippen LogP contribution in [0.5, 0.6) is 0 Å². The highest BCUT2D eigenvalue weighted by Gasteiger charge is 2.17. The lowest BCUT2D eigenvalue weighted by molar-refractivity contribution is 0.620. The molecule has 3 aromatic rings. The molecule has 0 saturated carbocycles. The number of hydrogen-bond acceptors (Lipinski definition) is 5. The van der Waals surface area contributed by atoms with Crippen molar-refractivity contribution in [3.63, 3.8) is 0 Å². The average molecular weight is 400 g/mol. The molecule has 0 saturated heterocycles. The molecule has 28 heavy (non-hydrogen) atoms. The molecule has 144 valence electrons. The largest absolute Gasteiger partial charge is 0.361 e. The molecule has 0 aliphatic rings. The maximum absolute atomic E-state index is 14.9. The second-order valence-corrected chi connectivity index (χ2v) is 6.67. The molecule has 0 bridgehead atoms. The van der Waals surface area contributed by atoms with E-state index in [1.807, 2.05) is 0 Å². The van der Waals surface area contributed by atoms with Crippen LogP contribution in [-0.2, 0) is 0 Å². The van der Waals surface area contributed by atoms with E-state index in [9.17, 15) is 9.18 Å². The van der Waals surface area contributed by atoms with Gasteiger partial charge in [-0.3, -0.25) is 9.79 Å². The number of H-pyrrole nitrogens is 1. The third kappa shape index (κ3) is 4.04. The van der Waals surface area contributed by atoms with Crippen LogP contribution < -0.4 is 15.8 Å². The van der Waals surface area contributed by atoms with Crippen LogP contribution in [-0.4, -0.2) is 23.7 Å². The zero-order valence-electron chi connectivity index (χ0n) is 15.4. The molecule has 1 atom stereocenters. The molecule has 2 heterocycles. The number of hydrogen-bond donors (Lipinski definition) is 2. The number of fused-ring (bicyclic) bond motifs is 1. The standard InChI is InChI=1S/C20H19ClFN5O/c1-12(15-11-13-10-14(21)4-5-16(13)26-20(15)28)25-19-18(22)17(6-7-24-19)27(3)9-8-23-2/h4-12H,2H2,1,3H3,(H,24,25)(H,26,28)/b9-8-/t12-/m0/s1. The van der Waals surface area contributed by atoms with Gasteiger partial charge in [-0.1, -0.05) is 11.6 Å². The fourth-order valence-corrected chi connectivity index (χ4v) is 3.01. The summed E-state index contributed by atoms with van der Waals surface area (Å²) in [5, 5.41) is 4.33. The number of nitrogens with one attached hydrogen (secondary N) is 2. The monoisotopic (exact) mass is 399 g/mol. The van der Waals surface area contributed by atoms with Crippen LogP contribution in [0, 0.1) is 5.82 Å². The van der Waals surface area contributed by atoms with Crippen molar-refractivity contribution in [2.45, 2.75) is 13.0 Å². The molecule has 2 N–H and O–H groups in total. The summed E-state index contributed by atoms with van der Waals surface area (Å²) in [4.78, 5) is 24.5. The van der Waals surface area contributed by atoms with E-state index in [1.165, 1.54) is 12.4 Å². The first-order valence-electron chi connectivity index (χ1n) is 8.49. The van der Waals surface area contributed by atoms with Crippen molar-refractivity contribution in [3.05, 3.63) is 75.7 Å². The van der Waals surface area contributed by atoms with Crippen molar-refractivity contribution >= 4 is 40.7 Å². The highest BCUT2D eigenvalue weighted by Crippen LogP contribution is 2.26. The summed E-state index contributed by atoms with van der Waals surface area (Å²) < 4.78 is 14.9. The predicted molar refractivity (Wildman–Crippen MR) is 113 cm³/mol. The maximum atomic E-state index is 14.9. The summed E-state index contributed by atoms with van der Waals surface area (Å²) in [7, 11) is 1.69. The summed E-state index contributed by atoms with van der Waals surface area (Å²) >= 11 is 6.04. The Bertz CT molecular complexity index is 1110. The van der Waals surface area contributed by atoms with Crippen LogP contribution in [0.4, 0.5) is 15.9 Å². The molecule has 0 amide bonds. The number of aliphatic imine (C=N–C) groups is 1. The van der Waals surface area contributed by atoms with Crippen molar-refractivity contribution in [3.8, 4) is 0 Å². The van der Waals surface area contributed by atoms with E-state index >= 15 is 0 Å². The predicted octanol–water partition coefficient (Wildman–Crippen LogP) is 4.50. The minimum Gasteiger partial charge on any atom is -0.361 e. The van der Waals surface area contributed by atoms with Gasteiger partial charge in [-0.2, -0.15) is 0 Å². The van der Waals surface area contributed by atoms with E-state index in [2.05, 4.69) is 27.0 Å². The number of aromatic amines is 1. The van der Waals surface area contributed by atoms with E-state index in [4.69, 9.17) is 11.6 Å². The van der Waals surface area contributed by atoms with E-state index in [0.29, 0.717) is 21.8 Å². The zero-order valence-corrected chi connectivity index (χ0v) is 16.2. The molecule has 8 heteroatoms. The van der Waals surface area contributed by atoms with Crippen molar-refractivity contribution in [1.29, 1.82) is 0 Å². The first-order chi connectivity index (χ1) is 13.4. The van der Waals surface area contributed by atoms with E-state index in [-0.39, 0.29) is 11.4 Å². The van der Waals surface area contributed by atoms with Crippen LogP contribution in [0.2, 0.25) is 5.02 Å². The molecule has 0 aliphatic heterocycles. The van der Waals surface area contributed by atoms with Gasteiger partial charge in [0.25, 0.3) is 5.56 Å². The molecule has 0 spiro atoms. The smallest absolute Gasteiger partial charge is 0.253 e. The van der Waals surface area contributed by atoms with Gasteiger partial charge >= 0.3 is 0 Å². The quantitative estimate of drug-likeness (QED) is 0.599. The number of aromatic nitrogens is 2. The van der Waals surface area contributed by atoms with Gasteiger partial charge in [-0.05, 0) is 44.0 Å². The van der Waals surface area contributed by atoms with Gasteiger partial charge in [-0.25, -0.2) is 9.37 Å². The SMILES string of the molecule is C=N/C=C\N(C)c1ccnc(N[C@@H](C)c2cc3cc(Cl)ccc3[nH]c2=O)c1F. The van der Waals surface area contributed by atoms with Gasteiger partial charge in [0, 0.05) is 47.1 Å². The minimum absolute atomic E-state index is 0.0439. The molecular formula is C20H19ClFN5O. The van der Waals surface area contributed by atoms with Crippen LogP contribution in [0.15, 0.2) is 58.7 Å². The Kier molecular flexibility index (Phi) is 5.75. The number of pyridine rings is 2. The maximum Gasteiger partial charge on any atom is 0.253 e. The van der Waals surface area contributed by atoms with Crippen LogP contribution in [0.3, 0.4) is 0 Å².